The van der Waals surface area contributed by atoms with Gasteiger partial charge in [0, 0.05) is 12.3 Å². The van der Waals surface area contributed by atoms with Crippen molar-refractivity contribution >= 4 is 17.6 Å². The van der Waals surface area contributed by atoms with E-state index in [0.29, 0.717) is 36.8 Å². The molecule has 1 aromatic carbocycles. The lowest BCUT2D eigenvalue weighted by atomic mass is 9.78. The predicted octanol–water partition coefficient (Wildman–Crippen LogP) is 3.80. The minimum Gasteiger partial charge on any atom is -0.496 e. The molecule has 144 valence electrons. The number of benzene rings is 1. The first-order valence-corrected chi connectivity index (χ1v) is 9.26. The highest BCUT2D eigenvalue weighted by Crippen LogP contribution is 2.36. The van der Waals surface area contributed by atoms with Gasteiger partial charge in [0.2, 0.25) is 0 Å². The molecule has 0 aromatic heterocycles. The Morgan fingerprint density at radius 2 is 1.88 bits per heavy atom. The van der Waals surface area contributed by atoms with Gasteiger partial charge in [-0.3, -0.25) is 4.79 Å². The first-order chi connectivity index (χ1) is 12.5. The Hall–Kier alpha value is -2.08. The fourth-order valence-corrected chi connectivity index (χ4v) is 3.34. The third kappa shape index (κ3) is 4.55. The lowest BCUT2D eigenvalue weighted by Crippen LogP contribution is -2.48. The highest BCUT2D eigenvalue weighted by molar-refractivity contribution is 5.99. The van der Waals surface area contributed by atoms with Gasteiger partial charge in [-0.05, 0) is 63.6 Å². The summed E-state index contributed by atoms with van der Waals surface area (Å²) >= 11 is 0. The number of anilines is 1. The lowest BCUT2D eigenvalue weighted by molar-refractivity contribution is -0.146. The van der Waals surface area contributed by atoms with Gasteiger partial charge in [-0.25, -0.2) is 4.79 Å². The summed E-state index contributed by atoms with van der Waals surface area (Å²) in [5.41, 5.74) is 0.0112. The Morgan fingerprint density at radius 3 is 2.46 bits per heavy atom. The van der Waals surface area contributed by atoms with Gasteiger partial charge in [0.05, 0.1) is 13.7 Å². The molecule has 1 amide bonds. The number of carbonyl (C=O) groups excluding carboxylic acids is 2. The second-order valence-electron chi connectivity index (χ2n) is 6.70. The quantitative estimate of drug-likeness (QED) is 0.746. The van der Waals surface area contributed by atoms with Gasteiger partial charge in [-0.1, -0.05) is 6.92 Å². The van der Waals surface area contributed by atoms with E-state index in [-0.39, 0.29) is 18.1 Å². The van der Waals surface area contributed by atoms with E-state index in [2.05, 4.69) is 12.2 Å². The van der Waals surface area contributed by atoms with E-state index in [1.807, 2.05) is 6.92 Å². The van der Waals surface area contributed by atoms with Crippen molar-refractivity contribution in [2.45, 2.75) is 52.1 Å². The average molecular weight is 363 g/mol. The largest absolute Gasteiger partial charge is 0.496 e. The molecular formula is C20H29NO5. The monoisotopic (exact) mass is 363 g/mol. The van der Waals surface area contributed by atoms with Crippen molar-refractivity contribution in [1.82, 2.24) is 0 Å². The molecule has 0 saturated heterocycles. The van der Waals surface area contributed by atoms with Crippen molar-refractivity contribution in [3.05, 3.63) is 23.8 Å². The third-order valence-corrected chi connectivity index (χ3v) is 4.87. The van der Waals surface area contributed by atoms with Gasteiger partial charge in [-0.15, -0.1) is 0 Å². The van der Waals surface area contributed by atoms with Crippen LogP contribution in [-0.4, -0.2) is 37.8 Å². The molecule has 0 atom stereocenters. The maximum atomic E-state index is 13.0. The zero-order valence-electron chi connectivity index (χ0n) is 16.1. The van der Waals surface area contributed by atoms with E-state index >= 15 is 0 Å². The van der Waals surface area contributed by atoms with Gasteiger partial charge in [-0.2, -0.15) is 0 Å². The van der Waals surface area contributed by atoms with Crippen LogP contribution in [-0.2, 0) is 14.3 Å². The van der Waals surface area contributed by atoms with Gasteiger partial charge < -0.3 is 19.5 Å². The SMILES string of the molecule is CCOC(=O)c1cc(NC(=O)C2(OCC)CCC(C)CC2)ccc1OC. The molecule has 2 rings (SSSR count). The number of amides is 1. The summed E-state index contributed by atoms with van der Waals surface area (Å²) in [6.45, 7) is 6.59. The first kappa shape index (κ1) is 20.2. The number of rotatable bonds is 7. The van der Waals surface area contributed by atoms with Crippen LogP contribution >= 0.6 is 0 Å². The normalized spacial score (nSPS) is 22.5. The molecule has 1 fully saturated rings. The molecule has 0 heterocycles. The van der Waals surface area contributed by atoms with Crippen molar-refractivity contribution in [3.63, 3.8) is 0 Å². The van der Waals surface area contributed by atoms with Gasteiger partial charge in [0.25, 0.3) is 5.91 Å². The van der Waals surface area contributed by atoms with Crippen LogP contribution in [0.4, 0.5) is 5.69 Å². The second kappa shape index (κ2) is 9.03. The minimum absolute atomic E-state index is 0.161. The first-order valence-electron chi connectivity index (χ1n) is 9.26. The number of methoxy groups -OCH3 is 1. The zero-order chi connectivity index (χ0) is 19.2. The average Bonchev–Trinajstić information content (AvgIpc) is 2.64. The molecule has 0 unspecified atom stereocenters. The smallest absolute Gasteiger partial charge is 0.341 e. The van der Waals surface area contributed by atoms with Crippen LogP contribution in [0.25, 0.3) is 0 Å². The number of hydrogen-bond donors (Lipinski definition) is 1. The van der Waals surface area contributed by atoms with E-state index in [0.717, 1.165) is 12.8 Å². The van der Waals surface area contributed by atoms with Gasteiger partial charge in [0.1, 0.15) is 16.9 Å². The fraction of sp³-hybridized carbons (Fsp3) is 0.600. The third-order valence-electron chi connectivity index (χ3n) is 4.87. The van der Waals surface area contributed by atoms with E-state index in [9.17, 15) is 9.59 Å². The molecule has 0 radical (unpaired) electrons. The molecule has 1 saturated carbocycles. The van der Waals surface area contributed by atoms with Crippen LogP contribution in [0.2, 0.25) is 0 Å². The lowest BCUT2D eigenvalue weighted by Gasteiger charge is -2.37. The Morgan fingerprint density at radius 1 is 1.19 bits per heavy atom. The molecule has 1 aliphatic carbocycles. The summed E-state index contributed by atoms with van der Waals surface area (Å²) in [6, 6.07) is 4.95. The zero-order valence-corrected chi connectivity index (χ0v) is 16.1. The standard InChI is InChI=1S/C20H29NO5/c1-5-25-18(22)16-13-15(7-8-17(16)24-4)21-19(23)20(26-6-2)11-9-14(3)10-12-20/h7-8,13-14H,5-6,9-12H2,1-4H3,(H,21,23). The van der Waals surface area contributed by atoms with Crippen LogP contribution in [0.5, 0.6) is 5.75 Å². The van der Waals surface area contributed by atoms with Gasteiger partial charge >= 0.3 is 5.97 Å². The molecule has 1 aliphatic rings. The van der Waals surface area contributed by atoms with Gasteiger partial charge in [0.15, 0.2) is 0 Å². The molecule has 26 heavy (non-hydrogen) atoms. The molecule has 6 nitrogen and oxygen atoms in total. The van der Waals surface area contributed by atoms with Crippen molar-refractivity contribution in [2.24, 2.45) is 5.92 Å². The number of nitrogens with one attached hydrogen (secondary N) is 1. The van der Waals surface area contributed by atoms with Crippen LogP contribution in [0.3, 0.4) is 0 Å². The molecule has 0 spiro atoms. The van der Waals surface area contributed by atoms with Crippen molar-refractivity contribution in [2.75, 3.05) is 25.6 Å². The van der Waals surface area contributed by atoms with Crippen LogP contribution in [0.15, 0.2) is 18.2 Å². The molecule has 1 N–H and O–H groups in total. The number of hydrogen-bond acceptors (Lipinski definition) is 5. The van der Waals surface area contributed by atoms with E-state index in [1.165, 1.54) is 7.11 Å². The van der Waals surface area contributed by atoms with E-state index in [1.54, 1.807) is 25.1 Å². The molecule has 0 bridgehead atoms. The molecule has 6 heteroatoms. The minimum atomic E-state index is -0.800. The Bertz CT molecular complexity index is 635. The summed E-state index contributed by atoms with van der Waals surface area (Å²) in [5, 5.41) is 2.91. The van der Waals surface area contributed by atoms with Crippen molar-refractivity contribution < 1.29 is 23.8 Å². The summed E-state index contributed by atoms with van der Waals surface area (Å²) in [7, 11) is 1.49. The van der Waals surface area contributed by atoms with Crippen molar-refractivity contribution in [1.29, 1.82) is 0 Å². The fourth-order valence-electron chi connectivity index (χ4n) is 3.34. The second-order valence-corrected chi connectivity index (χ2v) is 6.70. The predicted molar refractivity (Wildman–Crippen MR) is 99.6 cm³/mol. The Kier molecular flexibility index (Phi) is 7.03. The highest BCUT2D eigenvalue weighted by atomic mass is 16.5. The number of esters is 1. The van der Waals surface area contributed by atoms with E-state index in [4.69, 9.17) is 14.2 Å². The highest BCUT2D eigenvalue weighted by Gasteiger charge is 2.42. The number of carbonyl (C=O) groups is 2. The van der Waals surface area contributed by atoms with Crippen LogP contribution in [0.1, 0.15) is 56.8 Å². The maximum Gasteiger partial charge on any atom is 0.341 e. The van der Waals surface area contributed by atoms with Crippen LogP contribution < -0.4 is 10.1 Å². The van der Waals surface area contributed by atoms with Crippen LogP contribution in [0, 0.1) is 5.92 Å². The summed E-state index contributed by atoms with van der Waals surface area (Å²) < 4.78 is 16.2. The topological polar surface area (TPSA) is 73.9 Å². The Labute approximate surface area is 155 Å². The van der Waals surface area contributed by atoms with Crippen molar-refractivity contribution in [3.8, 4) is 5.75 Å². The molecular weight excluding hydrogens is 334 g/mol. The molecule has 1 aromatic rings. The summed E-state index contributed by atoms with van der Waals surface area (Å²) in [6.07, 6.45) is 3.33. The molecule has 0 aliphatic heterocycles. The maximum absolute atomic E-state index is 13.0. The Balaban J connectivity index is 2.21. The summed E-state index contributed by atoms with van der Waals surface area (Å²) in [4.78, 5) is 25.1. The van der Waals surface area contributed by atoms with E-state index < -0.39 is 11.6 Å². The summed E-state index contributed by atoms with van der Waals surface area (Å²) in [5.74, 6) is 0.373. The number of ether oxygens (including phenoxy) is 3.